The van der Waals surface area contributed by atoms with Crippen molar-refractivity contribution >= 4 is 15.7 Å². The molecule has 0 aliphatic heterocycles. The molecule has 0 bridgehead atoms. The van der Waals surface area contributed by atoms with Crippen molar-refractivity contribution in [3.05, 3.63) is 36.4 Å². The van der Waals surface area contributed by atoms with Crippen molar-refractivity contribution in [2.45, 2.75) is 4.90 Å². The minimum absolute atomic E-state index is 0.0290. The van der Waals surface area contributed by atoms with Gasteiger partial charge in [0.2, 0.25) is 0 Å². The van der Waals surface area contributed by atoms with Gasteiger partial charge in [0.25, 0.3) is 10.0 Å². The summed E-state index contributed by atoms with van der Waals surface area (Å²) in [5, 5.41) is 5.92. The monoisotopic (exact) mass is 271 g/mol. The summed E-state index contributed by atoms with van der Waals surface area (Å²) in [4.78, 5) is -0.0290. The molecule has 96 valence electrons. The lowest BCUT2D eigenvalue weighted by Crippen LogP contribution is -2.12. The molecule has 2 N–H and O–H groups in total. The number of aromatic nitrogens is 2. The summed E-state index contributed by atoms with van der Waals surface area (Å²) in [6.45, 7) is 0. The van der Waals surface area contributed by atoms with Gasteiger partial charge in [0.05, 0.1) is 19.0 Å². The summed E-state index contributed by atoms with van der Waals surface area (Å²) >= 11 is 0. The Labute approximate surface area is 103 Å². The van der Waals surface area contributed by atoms with Crippen LogP contribution in [0, 0.1) is 5.82 Å². The van der Waals surface area contributed by atoms with E-state index in [1.165, 1.54) is 25.4 Å². The number of methoxy groups -OCH3 is 1. The standard InChI is InChI=1S/C10H10FN3O3S/c1-17-10-3-2-7(4-9(10)11)14-18(15,16)8-5-12-13-6-8/h2-6,14H,1H3,(H,12,13). The van der Waals surface area contributed by atoms with Gasteiger partial charge in [-0.05, 0) is 12.1 Å². The van der Waals surface area contributed by atoms with Crippen LogP contribution in [0.25, 0.3) is 0 Å². The van der Waals surface area contributed by atoms with E-state index in [4.69, 9.17) is 4.74 Å². The SMILES string of the molecule is COc1ccc(NS(=O)(=O)c2cn[nH]c2)cc1F. The van der Waals surface area contributed by atoms with Crippen molar-refractivity contribution in [2.24, 2.45) is 0 Å². The van der Waals surface area contributed by atoms with E-state index in [0.717, 1.165) is 12.3 Å². The van der Waals surface area contributed by atoms with Crippen LogP contribution in [0.3, 0.4) is 0 Å². The number of hydrogen-bond acceptors (Lipinski definition) is 4. The van der Waals surface area contributed by atoms with Crippen LogP contribution in [0.2, 0.25) is 0 Å². The lowest BCUT2D eigenvalue weighted by molar-refractivity contribution is 0.386. The first-order chi connectivity index (χ1) is 8.53. The van der Waals surface area contributed by atoms with E-state index in [0.29, 0.717) is 0 Å². The van der Waals surface area contributed by atoms with Crippen molar-refractivity contribution in [2.75, 3.05) is 11.8 Å². The van der Waals surface area contributed by atoms with Gasteiger partial charge in [-0.2, -0.15) is 5.10 Å². The topological polar surface area (TPSA) is 84.1 Å². The molecule has 1 heterocycles. The van der Waals surface area contributed by atoms with Gasteiger partial charge in [0.15, 0.2) is 11.6 Å². The summed E-state index contributed by atoms with van der Waals surface area (Å²) < 4.78 is 44.0. The molecule has 0 aliphatic rings. The van der Waals surface area contributed by atoms with E-state index in [9.17, 15) is 12.8 Å². The van der Waals surface area contributed by atoms with Gasteiger partial charge in [-0.1, -0.05) is 0 Å². The minimum atomic E-state index is -3.76. The number of hydrogen-bond donors (Lipinski definition) is 2. The van der Waals surface area contributed by atoms with Crippen LogP contribution in [0.5, 0.6) is 5.75 Å². The van der Waals surface area contributed by atoms with Crippen molar-refractivity contribution in [3.63, 3.8) is 0 Å². The molecule has 2 aromatic rings. The maximum Gasteiger partial charge on any atom is 0.265 e. The predicted octanol–water partition coefficient (Wildman–Crippen LogP) is 1.36. The van der Waals surface area contributed by atoms with Crippen LogP contribution < -0.4 is 9.46 Å². The second kappa shape index (κ2) is 4.65. The van der Waals surface area contributed by atoms with Gasteiger partial charge in [-0.3, -0.25) is 9.82 Å². The summed E-state index contributed by atoms with van der Waals surface area (Å²) in [6, 6.07) is 3.78. The van der Waals surface area contributed by atoms with Crippen LogP contribution in [0.15, 0.2) is 35.5 Å². The molecule has 0 aliphatic carbocycles. The van der Waals surface area contributed by atoms with E-state index >= 15 is 0 Å². The number of ether oxygens (including phenoxy) is 1. The molecule has 0 amide bonds. The summed E-state index contributed by atoms with van der Waals surface area (Å²) in [7, 11) is -2.43. The first-order valence-corrected chi connectivity index (χ1v) is 6.36. The second-order valence-corrected chi connectivity index (χ2v) is 5.07. The van der Waals surface area contributed by atoms with Gasteiger partial charge in [0, 0.05) is 12.3 Å². The molecule has 18 heavy (non-hydrogen) atoms. The molecular formula is C10H10FN3O3S. The second-order valence-electron chi connectivity index (χ2n) is 3.39. The fraction of sp³-hybridized carbons (Fsp3) is 0.100. The maximum atomic E-state index is 13.4. The highest BCUT2D eigenvalue weighted by Gasteiger charge is 2.16. The molecule has 0 fully saturated rings. The zero-order valence-electron chi connectivity index (χ0n) is 9.34. The molecule has 2 rings (SSSR count). The zero-order valence-corrected chi connectivity index (χ0v) is 10.2. The number of nitrogens with one attached hydrogen (secondary N) is 2. The maximum absolute atomic E-state index is 13.4. The normalized spacial score (nSPS) is 11.2. The number of aromatic amines is 1. The molecule has 1 aromatic heterocycles. The lowest BCUT2D eigenvalue weighted by atomic mass is 10.3. The van der Waals surface area contributed by atoms with Crippen LogP contribution in [0.4, 0.5) is 10.1 Å². The molecule has 1 aromatic carbocycles. The molecule has 8 heteroatoms. The number of H-pyrrole nitrogens is 1. The van der Waals surface area contributed by atoms with E-state index < -0.39 is 15.8 Å². The van der Waals surface area contributed by atoms with Crippen LogP contribution in [0.1, 0.15) is 0 Å². The van der Waals surface area contributed by atoms with Crippen molar-refractivity contribution in [3.8, 4) is 5.75 Å². The Kier molecular flexibility index (Phi) is 3.19. The van der Waals surface area contributed by atoms with Crippen molar-refractivity contribution < 1.29 is 17.5 Å². The van der Waals surface area contributed by atoms with E-state index in [1.807, 2.05) is 0 Å². The summed E-state index contributed by atoms with van der Waals surface area (Å²) in [6.07, 6.45) is 2.38. The smallest absolute Gasteiger partial charge is 0.265 e. The Hall–Kier alpha value is -2.09. The molecule has 0 saturated heterocycles. The van der Waals surface area contributed by atoms with E-state index in [1.54, 1.807) is 0 Å². The third kappa shape index (κ3) is 2.43. The third-order valence-electron chi connectivity index (χ3n) is 2.19. The van der Waals surface area contributed by atoms with Gasteiger partial charge in [-0.25, -0.2) is 12.8 Å². The number of sulfonamides is 1. The van der Waals surface area contributed by atoms with Gasteiger partial charge < -0.3 is 4.74 Å². The third-order valence-corrected chi connectivity index (χ3v) is 3.54. The molecule has 0 radical (unpaired) electrons. The summed E-state index contributed by atoms with van der Waals surface area (Å²) in [5.74, 6) is -0.605. The number of rotatable bonds is 4. The Bertz CT molecular complexity index is 640. The van der Waals surface area contributed by atoms with E-state index in [-0.39, 0.29) is 16.3 Å². The number of benzene rings is 1. The van der Waals surface area contributed by atoms with Gasteiger partial charge in [0.1, 0.15) is 4.90 Å². The number of nitrogens with zero attached hydrogens (tertiary/aromatic N) is 1. The Morgan fingerprint density at radius 1 is 1.44 bits per heavy atom. The molecule has 6 nitrogen and oxygen atoms in total. The highest BCUT2D eigenvalue weighted by atomic mass is 32.2. The average molecular weight is 271 g/mol. The van der Waals surface area contributed by atoms with Crippen LogP contribution in [-0.4, -0.2) is 25.7 Å². The number of anilines is 1. The number of halogens is 1. The fourth-order valence-corrected chi connectivity index (χ4v) is 2.28. The summed E-state index contributed by atoms with van der Waals surface area (Å²) in [5.41, 5.74) is 0.106. The fourth-order valence-electron chi connectivity index (χ4n) is 1.33. The minimum Gasteiger partial charge on any atom is -0.494 e. The molecular weight excluding hydrogens is 261 g/mol. The van der Waals surface area contributed by atoms with Crippen LogP contribution >= 0.6 is 0 Å². The Morgan fingerprint density at radius 3 is 2.78 bits per heavy atom. The Morgan fingerprint density at radius 2 is 2.22 bits per heavy atom. The lowest BCUT2D eigenvalue weighted by Gasteiger charge is -2.07. The molecule has 0 spiro atoms. The van der Waals surface area contributed by atoms with Gasteiger partial charge >= 0.3 is 0 Å². The highest BCUT2D eigenvalue weighted by Crippen LogP contribution is 2.22. The van der Waals surface area contributed by atoms with E-state index in [2.05, 4.69) is 14.9 Å². The molecule has 0 unspecified atom stereocenters. The highest BCUT2D eigenvalue weighted by molar-refractivity contribution is 7.92. The molecule has 0 atom stereocenters. The Balaban J connectivity index is 2.27. The van der Waals surface area contributed by atoms with Gasteiger partial charge in [-0.15, -0.1) is 0 Å². The first-order valence-electron chi connectivity index (χ1n) is 4.88. The quantitative estimate of drug-likeness (QED) is 0.879. The van der Waals surface area contributed by atoms with Crippen LogP contribution in [-0.2, 0) is 10.0 Å². The van der Waals surface area contributed by atoms with Crippen molar-refractivity contribution in [1.82, 2.24) is 10.2 Å². The largest absolute Gasteiger partial charge is 0.494 e. The first kappa shape index (κ1) is 12.4. The molecule has 0 saturated carbocycles. The zero-order chi connectivity index (χ0) is 13.2. The average Bonchev–Trinajstić information content (AvgIpc) is 2.82. The van der Waals surface area contributed by atoms with Crippen molar-refractivity contribution in [1.29, 1.82) is 0 Å². The predicted molar refractivity (Wildman–Crippen MR) is 62.3 cm³/mol.